The second-order valence-electron chi connectivity index (χ2n) is 2.54. The first-order chi connectivity index (χ1) is 6.11. The monoisotopic (exact) mass is 354 g/mol. The van der Waals surface area contributed by atoms with Gasteiger partial charge in [0.15, 0.2) is 6.29 Å². The summed E-state index contributed by atoms with van der Waals surface area (Å²) in [7, 11) is 1.56. The average Bonchev–Trinajstić information content (AvgIpc) is 2.13. The molecule has 0 radical (unpaired) electrons. The highest BCUT2D eigenvalue weighted by Crippen LogP contribution is 2.32. The molecule has 0 unspecified atom stereocenters. The van der Waals surface area contributed by atoms with Crippen molar-refractivity contribution in [2.24, 2.45) is 0 Å². The minimum absolute atomic E-state index is 0.590. The Kier molecular flexibility index (Phi) is 3.73. The molecule has 1 aromatic carbocycles. The van der Waals surface area contributed by atoms with Gasteiger partial charge in [0.1, 0.15) is 5.75 Å². The van der Waals surface area contributed by atoms with Crippen molar-refractivity contribution in [3.8, 4) is 5.75 Å². The van der Waals surface area contributed by atoms with Gasteiger partial charge in [0, 0.05) is 13.6 Å². The molecule has 13 heavy (non-hydrogen) atoms. The van der Waals surface area contributed by atoms with E-state index in [9.17, 15) is 4.79 Å². The normalized spacial score (nSPS) is 9.85. The van der Waals surface area contributed by atoms with Crippen molar-refractivity contribution in [2.45, 2.75) is 6.92 Å². The number of ether oxygens (including phenoxy) is 1. The molecule has 1 aromatic rings. The molecule has 0 saturated carbocycles. The van der Waals surface area contributed by atoms with E-state index in [1.165, 1.54) is 0 Å². The topological polar surface area (TPSA) is 26.3 Å². The first-order valence-electron chi connectivity index (χ1n) is 3.59. The van der Waals surface area contributed by atoms with E-state index in [2.05, 4.69) is 38.5 Å². The molecular formula is C9H8BrIO2. The van der Waals surface area contributed by atoms with Crippen LogP contribution in [0.5, 0.6) is 5.75 Å². The molecule has 70 valence electrons. The molecule has 1 rings (SSSR count). The Morgan fingerprint density at radius 2 is 2.23 bits per heavy atom. The van der Waals surface area contributed by atoms with E-state index in [4.69, 9.17) is 4.74 Å². The highest BCUT2D eigenvalue weighted by atomic mass is 127. The van der Waals surface area contributed by atoms with Crippen LogP contribution in [0.2, 0.25) is 0 Å². The Hall–Kier alpha value is -0.100. The fourth-order valence-corrected chi connectivity index (χ4v) is 2.15. The largest absolute Gasteiger partial charge is 0.496 e. The molecule has 0 bridgehead atoms. The lowest BCUT2D eigenvalue weighted by atomic mass is 10.1. The number of hydrogen-bond donors (Lipinski definition) is 0. The summed E-state index contributed by atoms with van der Waals surface area (Å²) in [5.41, 5.74) is 1.55. The van der Waals surface area contributed by atoms with Crippen molar-refractivity contribution in [1.82, 2.24) is 0 Å². The number of hydrogen-bond acceptors (Lipinski definition) is 2. The summed E-state index contributed by atoms with van der Waals surface area (Å²) in [4.78, 5) is 10.7. The zero-order chi connectivity index (χ0) is 10.0. The number of carbonyl (C=O) groups is 1. The van der Waals surface area contributed by atoms with E-state index < -0.39 is 0 Å². The van der Waals surface area contributed by atoms with Crippen molar-refractivity contribution in [3.63, 3.8) is 0 Å². The number of methoxy groups -OCH3 is 1. The molecular weight excluding hydrogens is 347 g/mol. The molecule has 0 amide bonds. The van der Waals surface area contributed by atoms with Crippen LogP contribution in [-0.2, 0) is 0 Å². The van der Waals surface area contributed by atoms with Gasteiger partial charge in [-0.25, -0.2) is 0 Å². The molecule has 0 heterocycles. The number of benzene rings is 1. The molecule has 4 heteroatoms. The SMILES string of the molecule is COc1c(C=O)cc(I)c(Br)c1C. The van der Waals surface area contributed by atoms with Crippen molar-refractivity contribution in [2.75, 3.05) is 7.11 Å². The van der Waals surface area contributed by atoms with Crippen LogP contribution in [0.1, 0.15) is 15.9 Å². The lowest BCUT2D eigenvalue weighted by molar-refractivity contribution is 0.112. The fourth-order valence-electron chi connectivity index (χ4n) is 1.12. The van der Waals surface area contributed by atoms with Crippen LogP contribution in [0, 0.1) is 10.5 Å². The lowest BCUT2D eigenvalue weighted by Crippen LogP contribution is -1.96. The van der Waals surface area contributed by atoms with Gasteiger partial charge in [-0.1, -0.05) is 0 Å². The predicted octanol–water partition coefficient (Wildman–Crippen LogP) is 3.18. The summed E-state index contributed by atoms with van der Waals surface area (Å²) in [5.74, 6) is 0.641. The molecule has 0 fully saturated rings. The van der Waals surface area contributed by atoms with Gasteiger partial charge in [-0.15, -0.1) is 0 Å². The molecule has 0 atom stereocenters. The minimum Gasteiger partial charge on any atom is -0.496 e. The predicted molar refractivity (Wildman–Crippen MR) is 63.5 cm³/mol. The van der Waals surface area contributed by atoms with Crippen molar-refractivity contribution in [1.29, 1.82) is 0 Å². The van der Waals surface area contributed by atoms with E-state index in [-0.39, 0.29) is 0 Å². The van der Waals surface area contributed by atoms with Gasteiger partial charge in [-0.2, -0.15) is 0 Å². The second-order valence-corrected chi connectivity index (χ2v) is 4.49. The quantitative estimate of drug-likeness (QED) is 0.602. The zero-order valence-corrected chi connectivity index (χ0v) is 11.0. The highest BCUT2D eigenvalue weighted by molar-refractivity contribution is 14.1. The smallest absolute Gasteiger partial charge is 0.153 e. The third-order valence-electron chi connectivity index (χ3n) is 1.76. The maximum Gasteiger partial charge on any atom is 0.153 e. The molecule has 0 spiro atoms. The third kappa shape index (κ3) is 2.04. The standard InChI is InChI=1S/C9H8BrIO2/c1-5-8(10)7(11)3-6(4-12)9(5)13-2/h3-4H,1-2H3. The third-order valence-corrected chi connectivity index (χ3v) is 4.37. The van der Waals surface area contributed by atoms with Gasteiger partial charge in [0.25, 0.3) is 0 Å². The Morgan fingerprint density at radius 1 is 1.62 bits per heavy atom. The summed E-state index contributed by atoms with van der Waals surface area (Å²) in [6, 6.07) is 1.80. The molecule has 0 aliphatic rings. The lowest BCUT2D eigenvalue weighted by Gasteiger charge is -2.10. The fraction of sp³-hybridized carbons (Fsp3) is 0.222. The summed E-state index contributed by atoms with van der Waals surface area (Å²) < 4.78 is 7.13. The molecule has 2 nitrogen and oxygen atoms in total. The van der Waals surface area contributed by atoms with Gasteiger partial charge in [-0.3, -0.25) is 4.79 Å². The summed E-state index contributed by atoms with van der Waals surface area (Å²) >= 11 is 5.60. The number of rotatable bonds is 2. The second kappa shape index (κ2) is 4.41. The van der Waals surface area contributed by atoms with E-state index in [0.717, 1.165) is 19.9 Å². The summed E-state index contributed by atoms with van der Waals surface area (Å²) in [6.45, 7) is 1.91. The van der Waals surface area contributed by atoms with Crippen molar-refractivity contribution < 1.29 is 9.53 Å². The van der Waals surface area contributed by atoms with Gasteiger partial charge in [-0.05, 0) is 51.5 Å². The van der Waals surface area contributed by atoms with E-state index in [0.29, 0.717) is 11.3 Å². The summed E-state index contributed by atoms with van der Waals surface area (Å²) in [5, 5.41) is 0. The zero-order valence-electron chi connectivity index (χ0n) is 7.23. The molecule has 0 saturated heterocycles. The van der Waals surface area contributed by atoms with Crippen LogP contribution in [0.4, 0.5) is 0 Å². The molecule has 0 aliphatic heterocycles. The first kappa shape index (κ1) is 11.0. The van der Waals surface area contributed by atoms with E-state index in [1.807, 2.05) is 6.92 Å². The summed E-state index contributed by atoms with van der Waals surface area (Å²) in [6.07, 6.45) is 0.806. The number of halogens is 2. The van der Waals surface area contributed by atoms with E-state index in [1.54, 1.807) is 13.2 Å². The van der Waals surface area contributed by atoms with Crippen LogP contribution in [0.3, 0.4) is 0 Å². The van der Waals surface area contributed by atoms with Gasteiger partial charge < -0.3 is 4.74 Å². The van der Waals surface area contributed by atoms with Gasteiger partial charge in [0.05, 0.1) is 12.7 Å². The van der Waals surface area contributed by atoms with Crippen molar-refractivity contribution >= 4 is 44.8 Å². The molecule has 0 N–H and O–H groups in total. The Balaban J connectivity index is 3.47. The minimum atomic E-state index is 0.590. The molecule has 0 aliphatic carbocycles. The molecule has 0 aromatic heterocycles. The average molecular weight is 355 g/mol. The van der Waals surface area contributed by atoms with Crippen LogP contribution in [0.15, 0.2) is 10.5 Å². The number of aldehydes is 1. The van der Waals surface area contributed by atoms with Gasteiger partial charge >= 0.3 is 0 Å². The highest BCUT2D eigenvalue weighted by Gasteiger charge is 2.11. The maximum atomic E-state index is 10.7. The van der Waals surface area contributed by atoms with E-state index >= 15 is 0 Å². The Bertz CT molecular complexity index is 350. The van der Waals surface area contributed by atoms with Crippen LogP contribution in [-0.4, -0.2) is 13.4 Å². The Labute approximate surface area is 98.9 Å². The van der Waals surface area contributed by atoms with Crippen LogP contribution < -0.4 is 4.74 Å². The maximum absolute atomic E-state index is 10.7. The van der Waals surface area contributed by atoms with Crippen LogP contribution in [0.25, 0.3) is 0 Å². The van der Waals surface area contributed by atoms with Crippen molar-refractivity contribution in [3.05, 3.63) is 25.2 Å². The van der Waals surface area contributed by atoms with Crippen LogP contribution >= 0.6 is 38.5 Å². The number of carbonyl (C=O) groups excluding carboxylic acids is 1. The van der Waals surface area contributed by atoms with Gasteiger partial charge in [0.2, 0.25) is 0 Å². The first-order valence-corrected chi connectivity index (χ1v) is 5.46. The Morgan fingerprint density at radius 3 is 2.69 bits per heavy atom.